The smallest absolute Gasteiger partial charge is 0.192 e. The molecule has 2 nitrogen and oxygen atoms in total. The van der Waals surface area contributed by atoms with Gasteiger partial charge in [0.2, 0.25) is 0 Å². The van der Waals surface area contributed by atoms with E-state index in [1.54, 1.807) is 0 Å². The van der Waals surface area contributed by atoms with E-state index in [1.165, 1.54) is 19.3 Å². The van der Waals surface area contributed by atoms with Crippen molar-refractivity contribution in [2.24, 2.45) is 11.8 Å². The Balaban J connectivity index is 2.89. The van der Waals surface area contributed by atoms with Crippen LogP contribution < -0.4 is 0 Å². The first-order chi connectivity index (χ1) is 10.6. The molecule has 0 saturated heterocycles. The Hall–Kier alpha value is -0.593. The van der Waals surface area contributed by atoms with Crippen LogP contribution in [0.15, 0.2) is 0 Å². The van der Waals surface area contributed by atoms with Gasteiger partial charge in [-0.2, -0.15) is 0 Å². The average molecular weight is 337 g/mol. The Bertz CT molecular complexity index is 450. The Morgan fingerprint density at radius 2 is 1.91 bits per heavy atom. The van der Waals surface area contributed by atoms with Crippen molar-refractivity contribution in [3.05, 3.63) is 0 Å². The Morgan fingerprint density at radius 1 is 1.26 bits per heavy atom. The Kier molecular flexibility index (Phi) is 7.55. The topological polar surface area (TPSA) is 26.3 Å². The summed E-state index contributed by atoms with van der Waals surface area (Å²) in [7, 11) is -1.84. The Labute approximate surface area is 144 Å². The number of carbonyl (C=O) groups excluding carboxylic acids is 1. The van der Waals surface area contributed by atoms with Gasteiger partial charge < -0.3 is 4.43 Å². The van der Waals surface area contributed by atoms with E-state index in [0.717, 1.165) is 6.42 Å². The standard InChI is InChI=1S/C20H36O2Si/c1-8-10-12-14-17-16(13-11-9-2)18(21)15-19(17)22-23(6,7)20(3,4)5/h16-17,19H,8,10,12-15H2,1-7H3/t16-,17-,19-/m1/s1. The fourth-order valence-corrected chi connectivity index (χ4v) is 4.55. The first kappa shape index (κ1) is 20.5. The predicted octanol–water partition coefficient (Wildman–Crippen LogP) is 5.58. The van der Waals surface area contributed by atoms with Crippen LogP contribution in [0.5, 0.6) is 0 Å². The highest BCUT2D eigenvalue weighted by Gasteiger charge is 2.47. The van der Waals surface area contributed by atoms with Crippen LogP contribution in [-0.4, -0.2) is 20.2 Å². The molecule has 132 valence electrons. The number of carbonyl (C=O) groups is 1. The lowest BCUT2D eigenvalue weighted by Crippen LogP contribution is -2.45. The van der Waals surface area contributed by atoms with Crippen LogP contribution in [0.4, 0.5) is 0 Å². The third-order valence-electron chi connectivity index (χ3n) is 5.70. The molecule has 0 aromatic carbocycles. The lowest BCUT2D eigenvalue weighted by atomic mass is 9.87. The monoisotopic (exact) mass is 336 g/mol. The van der Waals surface area contributed by atoms with Gasteiger partial charge in [-0.05, 0) is 37.4 Å². The maximum absolute atomic E-state index is 12.5. The van der Waals surface area contributed by atoms with Crippen molar-refractivity contribution < 1.29 is 9.22 Å². The summed E-state index contributed by atoms with van der Waals surface area (Å²) >= 11 is 0. The number of hydrogen-bond donors (Lipinski definition) is 0. The number of rotatable bonds is 7. The fourth-order valence-electron chi connectivity index (χ4n) is 3.18. The molecule has 1 fully saturated rings. The molecular formula is C20H36O2Si. The molecule has 0 aromatic heterocycles. The van der Waals surface area contributed by atoms with Crippen molar-refractivity contribution in [2.45, 2.75) is 97.4 Å². The van der Waals surface area contributed by atoms with Gasteiger partial charge in [-0.15, -0.1) is 11.8 Å². The van der Waals surface area contributed by atoms with E-state index in [4.69, 9.17) is 4.43 Å². The van der Waals surface area contributed by atoms with Crippen molar-refractivity contribution in [1.82, 2.24) is 0 Å². The van der Waals surface area contributed by atoms with Crippen molar-refractivity contribution in [1.29, 1.82) is 0 Å². The molecule has 0 heterocycles. The zero-order chi connectivity index (χ0) is 17.7. The fraction of sp³-hybridized carbons (Fsp3) is 0.850. The molecule has 0 bridgehead atoms. The molecule has 3 atom stereocenters. The van der Waals surface area contributed by atoms with E-state index in [9.17, 15) is 4.79 Å². The summed E-state index contributed by atoms with van der Waals surface area (Å²) in [6, 6.07) is 0. The van der Waals surface area contributed by atoms with Crippen LogP contribution in [0.1, 0.15) is 73.1 Å². The van der Waals surface area contributed by atoms with Gasteiger partial charge in [0, 0.05) is 18.8 Å². The summed E-state index contributed by atoms with van der Waals surface area (Å²) in [6.07, 6.45) is 6.18. The van der Waals surface area contributed by atoms with Crippen LogP contribution in [0.25, 0.3) is 0 Å². The van der Waals surface area contributed by atoms with Gasteiger partial charge in [-0.1, -0.05) is 47.0 Å². The summed E-state index contributed by atoms with van der Waals surface area (Å²) in [6.45, 7) is 15.5. The highest BCUT2D eigenvalue weighted by Crippen LogP contribution is 2.43. The van der Waals surface area contributed by atoms with E-state index in [2.05, 4.69) is 52.6 Å². The summed E-state index contributed by atoms with van der Waals surface area (Å²) < 4.78 is 6.66. The molecule has 0 aromatic rings. The van der Waals surface area contributed by atoms with E-state index in [0.29, 0.717) is 24.5 Å². The molecule has 0 radical (unpaired) electrons. The molecule has 23 heavy (non-hydrogen) atoms. The Morgan fingerprint density at radius 3 is 2.43 bits per heavy atom. The molecule has 0 amide bonds. The normalized spacial score (nSPS) is 25.3. The summed E-state index contributed by atoms with van der Waals surface area (Å²) in [5.74, 6) is 6.93. The molecule has 3 heteroatoms. The zero-order valence-electron chi connectivity index (χ0n) is 16.3. The molecule has 1 aliphatic carbocycles. The van der Waals surface area contributed by atoms with Crippen molar-refractivity contribution >= 4 is 14.1 Å². The van der Waals surface area contributed by atoms with E-state index in [-0.39, 0.29) is 17.1 Å². The predicted molar refractivity (Wildman–Crippen MR) is 101 cm³/mol. The second kappa shape index (κ2) is 8.49. The van der Waals surface area contributed by atoms with Gasteiger partial charge in [0.05, 0.1) is 6.10 Å². The van der Waals surface area contributed by atoms with Gasteiger partial charge >= 0.3 is 0 Å². The van der Waals surface area contributed by atoms with Crippen molar-refractivity contribution in [3.8, 4) is 11.8 Å². The van der Waals surface area contributed by atoms with Crippen LogP contribution in [0, 0.1) is 23.7 Å². The number of ketones is 1. The van der Waals surface area contributed by atoms with Gasteiger partial charge in [-0.25, -0.2) is 0 Å². The van der Waals surface area contributed by atoms with Crippen LogP contribution >= 0.6 is 0 Å². The summed E-state index contributed by atoms with van der Waals surface area (Å²) in [5.41, 5.74) is 0. The van der Waals surface area contributed by atoms with Gasteiger partial charge in [0.25, 0.3) is 0 Å². The van der Waals surface area contributed by atoms with Crippen molar-refractivity contribution in [3.63, 3.8) is 0 Å². The van der Waals surface area contributed by atoms with Gasteiger partial charge in [0.15, 0.2) is 8.32 Å². The third kappa shape index (κ3) is 5.47. The maximum Gasteiger partial charge on any atom is 0.192 e. The molecule has 0 N–H and O–H groups in total. The van der Waals surface area contributed by atoms with Crippen LogP contribution in [-0.2, 0) is 9.22 Å². The summed E-state index contributed by atoms with van der Waals surface area (Å²) in [4.78, 5) is 12.5. The lowest BCUT2D eigenvalue weighted by molar-refractivity contribution is -0.121. The number of unbranched alkanes of at least 4 members (excludes halogenated alkanes) is 2. The SMILES string of the molecule is CC#CC[C@H]1C(=O)C[C@@H](O[Si](C)(C)C(C)(C)C)[C@@H]1CCCCC. The minimum atomic E-state index is -1.84. The highest BCUT2D eigenvalue weighted by atomic mass is 28.4. The lowest BCUT2D eigenvalue weighted by Gasteiger charge is -2.40. The molecule has 0 spiro atoms. The highest BCUT2D eigenvalue weighted by molar-refractivity contribution is 6.74. The minimum Gasteiger partial charge on any atom is -0.413 e. The van der Waals surface area contributed by atoms with Gasteiger partial charge in [-0.3, -0.25) is 4.79 Å². The quantitative estimate of drug-likeness (QED) is 0.345. The second-order valence-corrected chi connectivity index (χ2v) is 13.2. The largest absolute Gasteiger partial charge is 0.413 e. The molecule has 1 rings (SSSR count). The van der Waals surface area contributed by atoms with E-state index in [1.807, 2.05) is 6.92 Å². The zero-order valence-corrected chi connectivity index (χ0v) is 17.3. The summed E-state index contributed by atoms with van der Waals surface area (Å²) in [5, 5.41) is 0.186. The maximum atomic E-state index is 12.5. The number of hydrogen-bond acceptors (Lipinski definition) is 2. The molecule has 0 unspecified atom stereocenters. The third-order valence-corrected chi connectivity index (χ3v) is 10.2. The van der Waals surface area contributed by atoms with E-state index < -0.39 is 8.32 Å². The van der Waals surface area contributed by atoms with Crippen LogP contribution in [0.2, 0.25) is 18.1 Å². The average Bonchev–Trinajstić information content (AvgIpc) is 2.71. The second-order valence-electron chi connectivity index (χ2n) is 8.48. The van der Waals surface area contributed by atoms with E-state index >= 15 is 0 Å². The number of Topliss-reactive ketones (excluding diaryl/α,β-unsaturated/α-hetero) is 1. The first-order valence-electron chi connectivity index (χ1n) is 9.24. The molecule has 1 saturated carbocycles. The molecule has 1 aliphatic rings. The molecule has 0 aliphatic heterocycles. The molecular weight excluding hydrogens is 300 g/mol. The first-order valence-corrected chi connectivity index (χ1v) is 12.1. The minimum absolute atomic E-state index is 0.0917. The van der Waals surface area contributed by atoms with Crippen molar-refractivity contribution in [2.75, 3.05) is 0 Å². The van der Waals surface area contributed by atoms with Gasteiger partial charge in [0.1, 0.15) is 5.78 Å². The van der Waals surface area contributed by atoms with Crippen LogP contribution in [0.3, 0.4) is 0 Å².